The molecular weight excluding hydrogens is 256 g/mol. The minimum atomic E-state index is -0.264. The van der Waals surface area contributed by atoms with Gasteiger partial charge in [-0.15, -0.1) is 0 Å². The Kier molecular flexibility index (Phi) is 6.98. The number of carbonyl (C=O) groups excluding carboxylic acids is 1. The summed E-state index contributed by atoms with van der Waals surface area (Å²) in [5.41, 5.74) is 0. The molecule has 2 amide bonds. The van der Waals surface area contributed by atoms with Crippen LogP contribution in [-0.2, 0) is 4.74 Å². The number of nitrogens with one attached hydrogen (secondary N) is 2. The molecule has 0 saturated heterocycles. The highest BCUT2D eigenvalue weighted by atomic mass is 35.5. The lowest BCUT2D eigenvalue weighted by molar-refractivity contribution is 0.192. The van der Waals surface area contributed by atoms with Crippen molar-refractivity contribution in [2.24, 2.45) is 0 Å². The number of hydrogen-bond acceptors (Lipinski definition) is 3. The fourth-order valence-corrected chi connectivity index (χ4v) is 1.32. The number of ether oxygens (including phenoxy) is 2. The van der Waals surface area contributed by atoms with Gasteiger partial charge in [0.1, 0.15) is 5.75 Å². The number of carbonyl (C=O) groups is 1. The minimum absolute atomic E-state index is 0.109. The number of urea groups is 1. The van der Waals surface area contributed by atoms with Crippen molar-refractivity contribution < 1.29 is 14.3 Å². The van der Waals surface area contributed by atoms with Crippen molar-refractivity contribution in [2.45, 2.75) is 6.42 Å². The SMILES string of the molecule is COCCCNC(=O)NCOc1ccc(Cl)cc1. The van der Waals surface area contributed by atoms with Crippen LogP contribution in [0.4, 0.5) is 4.79 Å². The van der Waals surface area contributed by atoms with E-state index in [0.29, 0.717) is 23.9 Å². The lowest BCUT2D eigenvalue weighted by Crippen LogP contribution is -2.38. The van der Waals surface area contributed by atoms with Crippen molar-refractivity contribution in [1.29, 1.82) is 0 Å². The molecule has 0 aromatic heterocycles. The molecule has 0 aliphatic carbocycles. The zero-order valence-electron chi connectivity index (χ0n) is 10.2. The molecule has 2 N–H and O–H groups in total. The first kappa shape index (κ1) is 14.6. The average molecular weight is 273 g/mol. The van der Waals surface area contributed by atoms with Crippen molar-refractivity contribution in [3.63, 3.8) is 0 Å². The van der Waals surface area contributed by atoms with Gasteiger partial charge >= 0.3 is 6.03 Å². The second kappa shape index (κ2) is 8.60. The predicted molar refractivity (Wildman–Crippen MR) is 70.0 cm³/mol. The molecule has 1 rings (SSSR count). The predicted octanol–water partition coefficient (Wildman–Crippen LogP) is 2.01. The standard InChI is InChI=1S/C12H17ClN2O3/c1-17-8-2-7-14-12(16)15-9-18-11-5-3-10(13)4-6-11/h3-6H,2,7-9H2,1H3,(H2,14,15,16). The van der Waals surface area contributed by atoms with Crippen LogP contribution in [0.3, 0.4) is 0 Å². The second-order valence-corrected chi connectivity index (χ2v) is 3.96. The van der Waals surface area contributed by atoms with Gasteiger partial charge in [0.25, 0.3) is 0 Å². The van der Waals surface area contributed by atoms with Gasteiger partial charge in [0.15, 0.2) is 6.73 Å². The largest absolute Gasteiger partial charge is 0.473 e. The van der Waals surface area contributed by atoms with E-state index in [2.05, 4.69) is 10.6 Å². The van der Waals surface area contributed by atoms with Crippen molar-refractivity contribution >= 4 is 17.6 Å². The van der Waals surface area contributed by atoms with E-state index >= 15 is 0 Å². The molecule has 0 aliphatic rings. The van der Waals surface area contributed by atoms with Crippen molar-refractivity contribution in [3.8, 4) is 5.75 Å². The molecule has 100 valence electrons. The molecule has 0 atom stereocenters. The highest BCUT2D eigenvalue weighted by molar-refractivity contribution is 6.30. The van der Waals surface area contributed by atoms with Crippen LogP contribution in [0.2, 0.25) is 5.02 Å². The third-order valence-electron chi connectivity index (χ3n) is 2.10. The quantitative estimate of drug-likeness (QED) is 0.590. The molecular formula is C12H17ClN2O3. The van der Waals surface area contributed by atoms with Crippen molar-refractivity contribution in [3.05, 3.63) is 29.3 Å². The van der Waals surface area contributed by atoms with Crippen LogP contribution in [0.1, 0.15) is 6.42 Å². The smallest absolute Gasteiger partial charge is 0.317 e. The first-order valence-corrected chi connectivity index (χ1v) is 5.99. The van der Waals surface area contributed by atoms with Gasteiger partial charge in [0, 0.05) is 25.3 Å². The molecule has 1 aromatic rings. The molecule has 0 aliphatic heterocycles. The molecule has 5 nitrogen and oxygen atoms in total. The first-order valence-electron chi connectivity index (χ1n) is 5.61. The summed E-state index contributed by atoms with van der Waals surface area (Å²) in [5, 5.41) is 5.90. The molecule has 0 saturated carbocycles. The summed E-state index contributed by atoms with van der Waals surface area (Å²) < 4.78 is 10.2. The number of hydrogen-bond donors (Lipinski definition) is 2. The fourth-order valence-electron chi connectivity index (χ4n) is 1.20. The molecule has 6 heteroatoms. The Labute approximate surface area is 111 Å². The third-order valence-corrected chi connectivity index (χ3v) is 2.35. The van der Waals surface area contributed by atoms with Crippen molar-refractivity contribution in [2.75, 3.05) is 27.0 Å². The van der Waals surface area contributed by atoms with Gasteiger partial charge in [-0.2, -0.15) is 0 Å². The molecule has 0 radical (unpaired) electrons. The van der Waals surface area contributed by atoms with Crippen LogP contribution in [0, 0.1) is 0 Å². The Morgan fingerprint density at radius 1 is 1.28 bits per heavy atom. The van der Waals surface area contributed by atoms with E-state index in [9.17, 15) is 4.79 Å². The zero-order chi connectivity index (χ0) is 13.2. The topological polar surface area (TPSA) is 59.6 Å². The molecule has 0 spiro atoms. The maximum absolute atomic E-state index is 11.3. The van der Waals surface area contributed by atoms with Gasteiger partial charge in [0.05, 0.1) is 0 Å². The van der Waals surface area contributed by atoms with Gasteiger partial charge in [-0.3, -0.25) is 0 Å². The Morgan fingerprint density at radius 2 is 2.00 bits per heavy atom. The van der Waals surface area contributed by atoms with E-state index in [0.717, 1.165) is 6.42 Å². The molecule has 0 bridgehead atoms. The summed E-state index contributed by atoms with van der Waals surface area (Å²) in [4.78, 5) is 11.3. The summed E-state index contributed by atoms with van der Waals surface area (Å²) >= 11 is 5.73. The van der Waals surface area contributed by atoms with Gasteiger partial charge < -0.3 is 20.1 Å². The molecule has 0 fully saturated rings. The van der Waals surface area contributed by atoms with E-state index in [1.54, 1.807) is 31.4 Å². The molecule has 1 aromatic carbocycles. The fraction of sp³-hybridized carbons (Fsp3) is 0.417. The highest BCUT2D eigenvalue weighted by Crippen LogP contribution is 2.14. The Balaban J connectivity index is 2.10. The Hall–Kier alpha value is -1.46. The van der Waals surface area contributed by atoms with Crippen LogP contribution < -0.4 is 15.4 Å². The van der Waals surface area contributed by atoms with Crippen LogP contribution in [-0.4, -0.2) is 33.0 Å². The second-order valence-electron chi connectivity index (χ2n) is 3.52. The Bertz CT molecular complexity index is 357. The highest BCUT2D eigenvalue weighted by Gasteiger charge is 1.99. The monoisotopic (exact) mass is 272 g/mol. The van der Waals surface area contributed by atoms with E-state index < -0.39 is 0 Å². The van der Waals surface area contributed by atoms with Gasteiger partial charge in [-0.05, 0) is 30.7 Å². The van der Waals surface area contributed by atoms with E-state index in [4.69, 9.17) is 21.1 Å². The van der Waals surface area contributed by atoms with Crippen molar-refractivity contribution in [1.82, 2.24) is 10.6 Å². The summed E-state index contributed by atoms with van der Waals surface area (Å²) in [6, 6.07) is 6.66. The molecule has 0 unspecified atom stereocenters. The number of halogens is 1. The summed E-state index contributed by atoms with van der Waals surface area (Å²) in [5.74, 6) is 0.652. The zero-order valence-corrected chi connectivity index (χ0v) is 11.0. The molecule has 18 heavy (non-hydrogen) atoms. The van der Waals surface area contributed by atoms with Crippen LogP contribution in [0.5, 0.6) is 5.75 Å². The average Bonchev–Trinajstić information content (AvgIpc) is 2.37. The first-order chi connectivity index (χ1) is 8.72. The van der Waals surface area contributed by atoms with Gasteiger partial charge in [-0.25, -0.2) is 4.79 Å². The normalized spacial score (nSPS) is 9.89. The van der Waals surface area contributed by atoms with E-state index in [-0.39, 0.29) is 12.8 Å². The van der Waals surface area contributed by atoms with Crippen LogP contribution >= 0.6 is 11.6 Å². The lowest BCUT2D eigenvalue weighted by atomic mass is 10.3. The summed E-state index contributed by atoms with van der Waals surface area (Å²) in [7, 11) is 1.63. The summed E-state index contributed by atoms with van der Waals surface area (Å²) in [6.45, 7) is 1.31. The third kappa shape index (κ3) is 6.32. The minimum Gasteiger partial charge on any atom is -0.473 e. The van der Waals surface area contributed by atoms with Crippen LogP contribution in [0.25, 0.3) is 0 Å². The number of amides is 2. The number of methoxy groups -OCH3 is 1. The maximum atomic E-state index is 11.3. The van der Waals surface area contributed by atoms with E-state index in [1.165, 1.54) is 0 Å². The van der Waals surface area contributed by atoms with Gasteiger partial charge in [-0.1, -0.05) is 11.6 Å². The Morgan fingerprint density at radius 3 is 2.67 bits per heavy atom. The van der Waals surface area contributed by atoms with Gasteiger partial charge in [0.2, 0.25) is 0 Å². The number of rotatable bonds is 7. The van der Waals surface area contributed by atoms with Crippen LogP contribution in [0.15, 0.2) is 24.3 Å². The number of benzene rings is 1. The van der Waals surface area contributed by atoms with E-state index in [1.807, 2.05) is 0 Å². The maximum Gasteiger partial charge on any atom is 0.317 e. The lowest BCUT2D eigenvalue weighted by Gasteiger charge is -2.09. The summed E-state index contributed by atoms with van der Waals surface area (Å²) in [6.07, 6.45) is 0.780. The molecule has 0 heterocycles.